The smallest absolute Gasteiger partial charge is 0.225 e. The summed E-state index contributed by atoms with van der Waals surface area (Å²) in [6.45, 7) is 6.31. The van der Waals surface area contributed by atoms with Crippen molar-refractivity contribution in [3.05, 3.63) is 17.5 Å². The van der Waals surface area contributed by atoms with E-state index in [-0.39, 0.29) is 0 Å². The zero-order valence-electron chi connectivity index (χ0n) is 12.9. The molecule has 1 aromatic heterocycles. The highest BCUT2D eigenvalue weighted by molar-refractivity contribution is 5.79. The molecule has 0 radical (unpaired) electrons. The molecule has 3 rings (SSSR count). The highest BCUT2D eigenvalue weighted by Crippen LogP contribution is 2.25. The van der Waals surface area contributed by atoms with Gasteiger partial charge in [-0.3, -0.25) is 9.69 Å². The molecule has 2 heterocycles. The van der Waals surface area contributed by atoms with Crippen molar-refractivity contribution in [2.24, 2.45) is 5.92 Å². The lowest BCUT2D eigenvalue weighted by molar-refractivity contribution is -0.138. The van der Waals surface area contributed by atoms with Gasteiger partial charge >= 0.3 is 0 Å². The maximum absolute atomic E-state index is 12.5. The zero-order chi connectivity index (χ0) is 14.7. The van der Waals surface area contributed by atoms with Crippen molar-refractivity contribution in [1.29, 1.82) is 0 Å². The maximum atomic E-state index is 12.5. The second-order valence-corrected chi connectivity index (χ2v) is 6.37. The third kappa shape index (κ3) is 3.64. The first-order valence-corrected chi connectivity index (χ1v) is 8.16. The average Bonchev–Trinajstić information content (AvgIpc) is 2.93. The predicted molar refractivity (Wildman–Crippen MR) is 79.7 cm³/mol. The van der Waals surface area contributed by atoms with Gasteiger partial charge in [0.1, 0.15) is 5.76 Å². The second-order valence-electron chi connectivity index (χ2n) is 6.37. The fourth-order valence-corrected chi connectivity index (χ4v) is 3.46. The van der Waals surface area contributed by atoms with Crippen molar-refractivity contribution in [2.75, 3.05) is 26.2 Å². The SMILES string of the molecule is Cc1cc(CN2CCN(C(=O)C3CCCCC3)CC2)no1. The van der Waals surface area contributed by atoms with E-state index < -0.39 is 0 Å². The molecule has 0 bridgehead atoms. The molecule has 1 aromatic rings. The maximum Gasteiger partial charge on any atom is 0.225 e. The summed E-state index contributed by atoms with van der Waals surface area (Å²) in [5, 5.41) is 4.04. The molecule has 116 valence electrons. The quantitative estimate of drug-likeness (QED) is 0.856. The molecule has 1 amide bonds. The van der Waals surface area contributed by atoms with Crippen LogP contribution >= 0.6 is 0 Å². The Morgan fingerprint density at radius 2 is 1.95 bits per heavy atom. The molecule has 2 fully saturated rings. The van der Waals surface area contributed by atoms with Crippen molar-refractivity contribution in [1.82, 2.24) is 15.0 Å². The number of nitrogens with zero attached hydrogens (tertiary/aromatic N) is 3. The van der Waals surface area contributed by atoms with Crippen molar-refractivity contribution < 1.29 is 9.32 Å². The highest BCUT2D eigenvalue weighted by Gasteiger charge is 2.28. The number of piperazine rings is 1. The zero-order valence-corrected chi connectivity index (χ0v) is 12.9. The number of aryl methyl sites for hydroxylation is 1. The van der Waals surface area contributed by atoms with Crippen molar-refractivity contribution in [3.63, 3.8) is 0 Å². The van der Waals surface area contributed by atoms with Crippen LogP contribution in [0.2, 0.25) is 0 Å². The van der Waals surface area contributed by atoms with Crippen LogP contribution in [0.5, 0.6) is 0 Å². The fourth-order valence-electron chi connectivity index (χ4n) is 3.46. The van der Waals surface area contributed by atoms with E-state index in [4.69, 9.17) is 4.52 Å². The van der Waals surface area contributed by atoms with E-state index in [1.165, 1.54) is 19.3 Å². The van der Waals surface area contributed by atoms with E-state index in [1.807, 2.05) is 13.0 Å². The Kier molecular flexibility index (Phi) is 4.58. The Morgan fingerprint density at radius 1 is 1.24 bits per heavy atom. The molecule has 5 nitrogen and oxygen atoms in total. The van der Waals surface area contributed by atoms with Gasteiger partial charge in [-0.05, 0) is 19.8 Å². The number of aromatic nitrogens is 1. The average molecular weight is 291 g/mol. The lowest BCUT2D eigenvalue weighted by atomic mass is 9.88. The van der Waals surface area contributed by atoms with Crippen LogP contribution in [0.15, 0.2) is 10.6 Å². The molecule has 1 saturated carbocycles. The monoisotopic (exact) mass is 291 g/mol. The van der Waals surface area contributed by atoms with E-state index in [9.17, 15) is 4.79 Å². The van der Waals surface area contributed by atoms with Gasteiger partial charge in [-0.2, -0.15) is 0 Å². The molecule has 21 heavy (non-hydrogen) atoms. The van der Waals surface area contributed by atoms with E-state index in [0.29, 0.717) is 11.8 Å². The number of hydrogen-bond acceptors (Lipinski definition) is 4. The standard InChI is InChI=1S/C16H25N3O2/c1-13-11-15(17-21-13)12-18-7-9-19(10-8-18)16(20)14-5-3-2-4-6-14/h11,14H,2-10,12H2,1H3. The van der Waals surface area contributed by atoms with E-state index in [0.717, 1.165) is 57.0 Å². The minimum absolute atomic E-state index is 0.295. The normalized spacial score (nSPS) is 21.7. The summed E-state index contributed by atoms with van der Waals surface area (Å²) in [6.07, 6.45) is 5.94. The third-order valence-electron chi connectivity index (χ3n) is 4.70. The Balaban J connectivity index is 1.47. The van der Waals surface area contributed by atoms with E-state index >= 15 is 0 Å². The molecule has 5 heteroatoms. The lowest BCUT2D eigenvalue weighted by Gasteiger charge is -2.36. The van der Waals surface area contributed by atoms with Crippen LogP contribution in [-0.2, 0) is 11.3 Å². The number of carbonyl (C=O) groups is 1. The fraction of sp³-hybridized carbons (Fsp3) is 0.750. The minimum Gasteiger partial charge on any atom is -0.361 e. The van der Waals surface area contributed by atoms with Crippen LogP contribution in [0.3, 0.4) is 0 Å². The van der Waals surface area contributed by atoms with E-state index in [2.05, 4.69) is 15.0 Å². The summed E-state index contributed by atoms with van der Waals surface area (Å²) >= 11 is 0. The van der Waals surface area contributed by atoms with Crippen molar-refractivity contribution >= 4 is 5.91 Å². The Hall–Kier alpha value is -1.36. The molecule has 2 aliphatic rings. The molecular weight excluding hydrogens is 266 g/mol. The number of hydrogen-bond donors (Lipinski definition) is 0. The lowest BCUT2D eigenvalue weighted by Crippen LogP contribution is -2.50. The van der Waals surface area contributed by atoms with Gasteiger partial charge in [-0.25, -0.2) is 0 Å². The van der Waals surface area contributed by atoms with Crippen LogP contribution in [0.4, 0.5) is 0 Å². The summed E-state index contributed by atoms with van der Waals surface area (Å²) in [7, 11) is 0. The molecule has 0 unspecified atom stereocenters. The third-order valence-corrected chi connectivity index (χ3v) is 4.70. The Labute approximate surface area is 126 Å². The van der Waals surface area contributed by atoms with Gasteiger partial charge < -0.3 is 9.42 Å². The molecule has 1 saturated heterocycles. The summed E-state index contributed by atoms with van der Waals surface area (Å²) in [5.74, 6) is 1.55. The largest absolute Gasteiger partial charge is 0.361 e. The number of amides is 1. The van der Waals surface area contributed by atoms with Gasteiger partial charge in [0, 0.05) is 44.7 Å². The molecule has 1 aliphatic heterocycles. The van der Waals surface area contributed by atoms with Crippen LogP contribution in [0.25, 0.3) is 0 Å². The van der Waals surface area contributed by atoms with Crippen molar-refractivity contribution in [3.8, 4) is 0 Å². The Bertz CT molecular complexity index is 472. The van der Waals surface area contributed by atoms with Crippen molar-refractivity contribution in [2.45, 2.75) is 45.6 Å². The summed E-state index contributed by atoms with van der Waals surface area (Å²) in [5.41, 5.74) is 0.986. The van der Waals surface area contributed by atoms with Crippen LogP contribution in [0, 0.1) is 12.8 Å². The summed E-state index contributed by atoms with van der Waals surface area (Å²) in [6, 6.07) is 1.99. The van der Waals surface area contributed by atoms with Crippen LogP contribution in [-0.4, -0.2) is 47.0 Å². The van der Waals surface area contributed by atoms with Gasteiger partial charge in [0.15, 0.2) is 0 Å². The van der Waals surface area contributed by atoms with Gasteiger partial charge in [0.2, 0.25) is 5.91 Å². The number of rotatable bonds is 3. The van der Waals surface area contributed by atoms with Crippen LogP contribution in [0.1, 0.15) is 43.6 Å². The first-order valence-electron chi connectivity index (χ1n) is 8.16. The molecule has 0 N–H and O–H groups in total. The predicted octanol–water partition coefficient (Wildman–Crippen LogP) is 2.21. The van der Waals surface area contributed by atoms with Gasteiger partial charge in [0.25, 0.3) is 0 Å². The first-order chi connectivity index (χ1) is 10.2. The first kappa shape index (κ1) is 14.6. The van der Waals surface area contributed by atoms with Crippen LogP contribution < -0.4 is 0 Å². The van der Waals surface area contributed by atoms with E-state index in [1.54, 1.807) is 0 Å². The Morgan fingerprint density at radius 3 is 2.57 bits per heavy atom. The number of carbonyl (C=O) groups excluding carboxylic acids is 1. The second kappa shape index (κ2) is 6.60. The molecule has 0 spiro atoms. The summed E-state index contributed by atoms with van der Waals surface area (Å²) in [4.78, 5) is 16.9. The highest BCUT2D eigenvalue weighted by atomic mass is 16.5. The topological polar surface area (TPSA) is 49.6 Å². The van der Waals surface area contributed by atoms with Gasteiger partial charge in [0.05, 0.1) is 5.69 Å². The molecular formula is C16H25N3O2. The molecule has 0 atom stereocenters. The minimum atomic E-state index is 0.295. The van der Waals surface area contributed by atoms with Gasteiger partial charge in [-0.1, -0.05) is 24.4 Å². The molecule has 1 aliphatic carbocycles. The van der Waals surface area contributed by atoms with Gasteiger partial charge in [-0.15, -0.1) is 0 Å². The summed E-state index contributed by atoms with van der Waals surface area (Å²) < 4.78 is 5.10. The molecule has 0 aromatic carbocycles.